The Morgan fingerprint density at radius 1 is 1.45 bits per heavy atom. The molecular formula is C12H18N6OS. The molecule has 2 aromatic heterocycles. The molecule has 0 aromatic carbocycles. The van der Waals surface area contributed by atoms with Gasteiger partial charge in [0.05, 0.1) is 18.3 Å². The molecule has 0 spiro atoms. The van der Waals surface area contributed by atoms with Gasteiger partial charge in [-0.05, 0) is 32.6 Å². The van der Waals surface area contributed by atoms with Crippen molar-refractivity contribution in [3.63, 3.8) is 0 Å². The number of aryl methyl sites for hydroxylation is 1. The lowest BCUT2D eigenvalue weighted by Gasteiger charge is -2.19. The number of rotatable bonds is 5. The van der Waals surface area contributed by atoms with Crippen LogP contribution in [0.5, 0.6) is 0 Å². The van der Waals surface area contributed by atoms with Gasteiger partial charge >= 0.3 is 0 Å². The first kappa shape index (κ1) is 13.6. The summed E-state index contributed by atoms with van der Waals surface area (Å²) in [5.41, 5.74) is 0. The maximum absolute atomic E-state index is 5.30. The average molecular weight is 294 g/mol. The zero-order chi connectivity index (χ0) is 13.9. The number of aromatic nitrogens is 5. The fourth-order valence-corrected chi connectivity index (χ4v) is 2.91. The molecule has 1 fully saturated rings. The summed E-state index contributed by atoms with van der Waals surface area (Å²) >= 11 is 1.69. The lowest BCUT2D eigenvalue weighted by molar-refractivity contribution is 0.206. The second-order valence-corrected chi connectivity index (χ2v) is 5.81. The van der Waals surface area contributed by atoms with Crippen molar-refractivity contribution in [2.45, 2.75) is 38.1 Å². The van der Waals surface area contributed by atoms with E-state index in [1.54, 1.807) is 11.8 Å². The smallest absolute Gasteiger partial charge is 0.240 e. The standard InChI is InChI=1S/C12H18N6OS/c1-8-13-12(16-15-8)9-4-3-5-18(9)6-11-14-10(7-20-2)17-19-11/h9H,3-7H2,1-2H3,(H,13,15,16)/t9-/m1/s1. The van der Waals surface area contributed by atoms with Crippen LogP contribution in [0, 0.1) is 6.92 Å². The highest BCUT2D eigenvalue weighted by atomic mass is 32.2. The predicted molar refractivity (Wildman–Crippen MR) is 75.0 cm³/mol. The van der Waals surface area contributed by atoms with E-state index in [0.29, 0.717) is 12.4 Å². The number of hydrogen-bond acceptors (Lipinski definition) is 7. The maximum atomic E-state index is 5.30. The van der Waals surface area contributed by atoms with Crippen LogP contribution in [0.15, 0.2) is 4.52 Å². The summed E-state index contributed by atoms with van der Waals surface area (Å²) in [6, 6.07) is 0.246. The molecule has 1 N–H and O–H groups in total. The number of nitrogens with zero attached hydrogens (tertiary/aromatic N) is 5. The molecule has 0 bridgehead atoms. The number of likely N-dealkylation sites (tertiary alicyclic amines) is 1. The normalized spacial score (nSPS) is 19.8. The van der Waals surface area contributed by atoms with Crippen LogP contribution in [0.1, 0.15) is 42.2 Å². The van der Waals surface area contributed by atoms with Crippen LogP contribution in [0.3, 0.4) is 0 Å². The van der Waals surface area contributed by atoms with Crippen molar-refractivity contribution in [3.8, 4) is 0 Å². The van der Waals surface area contributed by atoms with E-state index >= 15 is 0 Å². The number of thioether (sulfide) groups is 1. The molecule has 20 heavy (non-hydrogen) atoms. The van der Waals surface area contributed by atoms with E-state index in [-0.39, 0.29) is 6.04 Å². The molecule has 2 aromatic rings. The van der Waals surface area contributed by atoms with Gasteiger partial charge in [0.15, 0.2) is 11.6 Å². The van der Waals surface area contributed by atoms with Gasteiger partial charge in [0.1, 0.15) is 5.82 Å². The average Bonchev–Trinajstić information content (AvgIpc) is 3.12. The third-order valence-electron chi connectivity index (χ3n) is 3.40. The second-order valence-electron chi connectivity index (χ2n) is 4.94. The topological polar surface area (TPSA) is 83.7 Å². The van der Waals surface area contributed by atoms with Gasteiger partial charge in [0, 0.05) is 0 Å². The van der Waals surface area contributed by atoms with Crippen molar-refractivity contribution in [2.75, 3.05) is 12.8 Å². The summed E-state index contributed by atoms with van der Waals surface area (Å²) in [4.78, 5) is 11.2. The molecule has 1 aliphatic heterocycles. The number of H-pyrrole nitrogens is 1. The molecule has 0 unspecified atom stereocenters. The fraction of sp³-hybridized carbons (Fsp3) is 0.667. The van der Waals surface area contributed by atoms with Crippen LogP contribution >= 0.6 is 11.8 Å². The largest absolute Gasteiger partial charge is 0.338 e. The first-order valence-electron chi connectivity index (χ1n) is 6.69. The van der Waals surface area contributed by atoms with Gasteiger partial charge in [-0.3, -0.25) is 10.00 Å². The van der Waals surface area contributed by atoms with E-state index in [9.17, 15) is 0 Å². The number of hydrogen-bond donors (Lipinski definition) is 1. The molecule has 3 heterocycles. The monoisotopic (exact) mass is 294 g/mol. The Kier molecular flexibility index (Phi) is 4.02. The highest BCUT2D eigenvalue weighted by Crippen LogP contribution is 2.30. The zero-order valence-electron chi connectivity index (χ0n) is 11.7. The summed E-state index contributed by atoms with van der Waals surface area (Å²) in [5, 5.41) is 11.2. The Bertz CT molecular complexity index is 568. The van der Waals surface area contributed by atoms with Crippen molar-refractivity contribution >= 4 is 11.8 Å². The van der Waals surface area contributed by atoms with Crippen LogP contribution in [0.25, 0.3) is 0 Å². The van der Waals surface area contributed by atoms with Crippen LogP contribution in [-0.4, -0.2) is 43.0 Å². The van der Waals surface area contributed by atoms with Crippen LogP contribution in [0.4, 0.5) is 0 Å². The zero-order valence-corrected chi connectivity index (χ0v) is 12.5. The van der Waals surface area contributed by atoms with Gasteiger partial charge in [-0.15, -0.1) is 0 Å². The molecule has 0 amide bonds. The van der Waals surface area contributed by atoms with Crippen molar-refractivity contribution in [3.05, 3.63) is 23.4 Å². The first-order chi connectivity index (χ1) is 9.76. The Labute approximate surface area is 121 Å². The van der Waals surface area contributed by atoms with Crippen LogP contribution in [-0.2, 0) is 12.3 Å². The Hall–Kier alpha value is -1.41. The second kappa shape index (κ2) is 5.92. The minimum atomic E-state index is 0.246. The third-order valence-corrected chi connectivity index (χ3v) is 3.95. The van der Waals surface area contributed by atoms with E-state index in [4.69, 9.17) is 4.52 Å². The fourth-order valence-electron chi connectivity index (χ4n) is 2.53. The molecule has 7 nitrogen and oxygen atoms in total. The van der Waals surface area contributed by atoms with Gasteiger partial charge in [-0.2, -0.15) is 21.8 Å². The molecule has 3 rings (SSSR count). The summed E-state index contributed by atoms with van der Waals surface area (Å²) in [7, 11) is 0. The van der Waals surface area contributed by atoms with Crippen LogP contribution in [0.2, 0.25) is 0 Å². The summed E-state index contributed by atoms with van der Waals surface area (Å²) in [6.45, 7) is 3.60. The number of aromatic amines is 1. The van der Waals surface area contributed by atoms with E-state index in [1.165, 1.54) is 0 Å². The van der Waals surface area contributed by atoms with Crippen molar-refractivity contribution in [1.29, 1.82) is 0 Å². The molecule has 1 aliphatic rings. The number of nitrogens with one attached hydrogen (secondary N) is 1. The van der Waals surface area contributed by atoms with Gasteiger partial charge in [-0.1, -0.05) is 5.16 Å². The first-order valence-corrected chi connectivity index (χ1v) is 8.09. The van der Waals surface area contributed by atoms with E-state index in [0.717, 1.165) is 42.6 Å². The Morgan fingerprint density at radius 3 is 3.10 bits per heavy atom. The van der Waals surface area contributed by atoms with Crippen molar-refractivity contribution in [1.82, 2.24) is 30.2 Å². The van der Waals surface area contributed by atoms with Gasteiger partial charge < -0.3 is 4.52 Å². The highest BCUT2D eigenvalue weighted by Gasteiger charge is 2.30. The minimum absolute atomic E-state index is 0.246. The predicted octanol–water partition coefficient (Wildman–Crippen LogP) is 1.70. The summed E-state index contributed by atoms with van der Waals surface area (Å²) in [5.74, 6) is 3.94. The van der Waals surface area contributed by atoms with Crippen LogP contribution < -0.4 is 0 Å². The molecule has 0 radical (unpaired) electrons. The van der Waals surface area contributed by atoms with E-state index in [1.807, 2.05) is 13.2 Å². The summed E-state index contributed by atoms with van der Waals surface area (Å²) < 4.78 is 5.30. The van der Waals surface area contributed by atoms with Crippen molar-refractivity contribution in [2.24, 2.45) is 0 Å². The van der Waals surface area contributed by atoms with E-state index < -0.39 is 0 Å². The Morgan fingerprint density at radius 2 is 2.35 bits per heavy atom. The van der Waals surface area contributed by atoms with Crippen molar-refractivity contribution < 1.29 is 4.52 Å². The Balaban J connectivity index is 1.69. The third kappa shape index (κ3) is 2.85. The minimum Gasteiger partial charge on any atom is -0.338 e. The van der Waals surface area contributed by atoms with Gasteiger partial charge in [0.2, 0.25) is 5.89 Å². The molecule has 108 valence electrons. The highest BCUT2D eigenvalue weighted by molar-refractivity contribution is 7.97. The van der Waals surface area contributed by atoms with E-state index in [2.05, 4.69) is 30.2 Å². The molecule has 0 aliphatic carbocycles. The van der Waals surface area contributed by atoms with Gasteiger partial charge in [0.25, 0.3) is 0 Å². The molecular weight excluding hydrogens is 276 g/mol. The quantitative estimate of drug-likeness (QED) is 0.898. The lowest BCUT2D eigenvalue weighted by Crippen LogP contribution is -2.23. The van der Waals surface area contributed by atoms with Gasteiger partial charge in [-0.25, -0.2) is 4.98 Å². The maximum Gasteiger partial charge on any atom is 0.240 e. The molecule has 8 heteroatoms. The molecule has 1 saturated heterocycles. The molecule has 1 atom stereocenters. The SMILES string of the molecule is CSCc1noc(CN2CCC[C@@H]2c2n[nH]c(C)n2)n1. The molecule has 0 saturated carbocycles. The summed E-state index contributed by atoms with van der Waals surface area (Å²) in [6.07, 6.45) is 4.24. The lowest BCUT2D eigenvalue weighted by atomic mass is 10.2.